The summed E-state index contributed by atoms with van der Waals surface area (Å²) in [5, 5.41) is 9.33. The highest BCUT2D eigenvalue weighted by Gasteiger charge is 2.24. The van der Waals surface area contributed by atoms with Crippen LogP contribution in [0.3, 0.4) is 0 Å². The van der Waals surface area contributed by atoms with Gasteiger partial charge in [0, 0.05) is 17.8 Å². The molecule has 4 nitrogen and oxygen atoms in total. The molecule has 1 aliphatic heterocycles. The first-order valence-corrected chi connectivity index (χ1v) is 7.57. The minimum absolute atomic E-state index is 0.327. The van der Waals surface area contributed by atoms with Crippen molar-refractivity contribution in [3.05, 3.63) is 47.5 Å². The van der Waals surface area contributed by atoms with Gasteiger partial charge in [-0.3, -0.25) is 4.79 Å². The van der Waals surface area contributed by atoms with Gasteiger partial charge in [0.15, 0.2) is 0 Å². The van der Waals surface area contributed by atoms with E-state index in [4.69, 9.17) is 0 Å². The van der Waals surface area contributed by atoms with Gasteiger partial charge in [0.2, 0.25) is 0 Å². The van der Waals surface area contributed by atoms with E-state index in [0.717, 1.165) is 25.0 Å². The molecule has 0 aliphatic carbocycles. The molecule has 2 aromatic rings. The number of aliphatic carboxylic acids is 1. The zero-order valence-electron chi connectivity index (χ0n) is 12.2. The first kappa shape index (κ1) is 13.9. The van der Waals surface area contributed by atoms with Crippen LogP contribution in [-0.2, 0) is 24.1 Å². The number of carboxylic acids is 1. The average Bonchev–Trinajstić information content (AvgIpc) is 2.90. The standard InChI is InChI=1S/C17H20N2O2/c1-2-5-13(17(20)21)10-14-16-9-8-12-6-3-4-7-15(12)19(16)11-18-14/h3-4,6-7,11,13H,2,5,8-10H2,1H3,(H,20,21). The van der Waals surface area contributed by atoms with Gasteiger partial charge in [-0.1, -0.05) is 31.5 Å². The maximum Gasteiger partial charge on any atom is 0.306 e. The Balaban J connectivity index is 1.91. The topological polar surface area (TPSA) is 55.1 Å². The van der Waals surface area contributed by atoms with Crippen LogP contribution in [0.5, 0.6) is 0 Å². The van der Waals surface area contributed by atoms with Crippen molar-refractivity contribution < 1.29 is 9.90 Å². The van der Waals surface area contributed by atoms with Crippen molar-refractivity contribution in [2.45, 2.75) is 39.0 Å². The van der Waals surface area contributed by atoms with E-state index >= 15 is 0 Å². The Labute approximate surface area is 124 Å². The molecule has 3 rings (SSSR count). The second kappa shape index (κ2) is 5.72. The second-order valence-electron chi connectivity index (χ2n) is 5.66. The van der Waals surface area contributed by atoms with Gasteiger partial charge in [0.25, 0.3) is 0 Å². The molecule has 0 amide bonds. The van der Waals surface area contributed by atoms with Crippen LogP contribution in [-0.4, -0.2) is 20.6 Å². The van der Waals surface area contributed by atoms with Gasteiger partial charge in [-0.2, -0.15) is 0 Å². The number of hydrogen-bond acceptors (Lipinski definition) is 2. The Bertz CT molecular complexity index is 661. The number of rotatable bonds is 5. The normalized spacial score (nSPS) is 14.3. The first-order chi connectivity index (χ1) is 10.2. The van der Waals surface area contributed by atoms with Crippen LogP contribution in [0.2, 0.25) is 0 Å². The Morgan fingerprint density at radius 2 is 2.19 bits per heavy atom. The third-order valence-electron chi connectivity index (χ3n) is 4.26. The van der Waals surface area contributed by atoms with E-state index in [1.165, 1.54) is 16.9 Å². The highest BCUT2D eigenvalue weighted by molar-refractivity contribution is 5.70. The average molecular weight is 284 g/mol. The van der Waals surface area contributed by atoms with Crippen LogP contribution in [0.1, 0.15) is 36.7 Å². The van der Waals surface area contributed by atoms with Crippen molar-refractivity contribution in [2.75, 3.05) is 0 Å². The molecule has 110 valence electrons. The van der Waals surface area contributed by atoms with Crippen molar-refractivity contribution in [1.82, 2.24) is 9.55 Å². The molecule has 0 bridgehead atoms. The Morgan fingerprint density at radius 1 is 1.38 bits per heavy atom. The zero-order chi connectivity index (χ0) is 14.8. The van der Waals surface area contributed by atoms with E-state index in [9.17, 15) is 9.90 Å². The number of para-hydroxylation sites is 1. The summed E-state index contributed by atoms with van der Waals surface area (Å²) in [5.41, 5.74) is 4.64. The van der Waals surface area contributed by atoms with Crippen molar-refractivity contribution in [1.29, 1.82) is 0 Å². The quantitative estimate of drug-likeness (QED) is 0.918. The van der Waals surface area contributed by atoms with E-state index in [1.54, 1.807) is 0 Å². The molecule has 1 atom stereocenters. The summed E-state index contributed by atoms with van der Waals surface area (Å²) in [6, 6.07) is 8.34. The summed E-state index contributed by atoms with van der Waals surface area (Å²) in [6.45, 7) is 2.02. The SMILES string of the molecule is CCCC(Cc1ncn2c1CCc1ccccc1-2)C(=O)O. The summed E-state index contributed by atoms with van der Waals surface area (Å²) < 4.78 is 2.12. The van der Waals surface area contributed by atoms with Gasteiger partial charge in [0.1, 0.15) is 0 Å². The lowest BCUT2D eigenvalue weighted by Crippen LogP contribution is -2.18. The summed E-state index contributed by atoms with van der Waals surface area (Å²) in [6.07, 6.45) is 5.90. The molecular formula is C17H20N2O2. The summed E-state index contributed by atoms with van der Waals surface area (Å²) >= 11 is 0. The molecule has 0 saturated carbocycles. The van der Waals surface area contributed by atoms with Crippen LogP contribution in [0.25, 0.3) is 5.69 Å². The minimum atomic E-state index is -0.713. The van der Waals surface area contributed by atoms with Crippen LogP contribution < -0.4 is 0 Å². The third-order valence-corrected chi connectivity index (χ3v) is 4.26. The molecule has 1 aromatic carbocycles. The molecule has 1 aromatic heterocycles. The molecule has 0 fully saturated rings. The second-order valence-corrected chi connectivity index (χ2v) is 5.66. The lowest BCUT2D eigenvalue weighted by Gasteiger charge is -2.20. The van der Waals surface area contributed by atoms with Crippen LogP contribution >= 0.6 is 0 Å². The predicted octanol–water partition coefficient (Wildman–Crippen LogP) is 3.01. The Kier molecular flexibility index (Phi) is 3.78. The monoisotopic (exact) mass is 284 g/mol. The minimum Gasteiger partial charge on any atom is -0.481 e. The first-order valence-electron chi connectivity index (χ1n) is 7.57. The number of hydrogen-bond donors (Lipinski definition) is 1. The molecule has 0 spiro atoms. The molecule has 21 heavy (non-hydrogen) atoms. The van der Waals surface area contributed by atoms with Crippen molar-refractivity contribution >= 4 is 5.97 Å². The number of carbonyl (C=O) groups is 1. The van der Waals surface area contributed by atoms with Gasteiger partial charge < -0.3 is 9.67 Å². The largest absolute Gasteiger partial charge is 0.481 e. The summed E-state index contributed by atoms with van der Waals surface area (Å²) in [5.74, 6) is -1.04. The fourth-order valence-electron chi connectivity index (χ4n) is 3.16. The Morgan fingerprint density at radius 3 is 2.95 bits per heavy atom. The number of benzene rings is 1. The van der Waals surface area contributed by atoms with E-state index in [1.807, 2.05) is 19.3 Å². The van der Waals surface area contributed by atoms with Gasteiger partial charge >= 0.3 is 5.97 Å². The number of fused-ring (bicyclic) bond motifs is 3. The van der Waals surface area contributed by atoms with Crippen molar-refractivity contribution in [3.63, 3.8) is 0 Å². The highest BCUT2D eigenvalue weighted by atomic mass is 16.4. The molecule has 1 N–H and O–H groups in total. The fourth-order valence-corrected chi connectivity index (χ4v) is 3.16. The maximum absolute atomic E-state index is 11.3. The number of carboxylic acid groups (broad SMARTS) is 1. The maximum atomic E-state index is 11.3. The van der Waals surface area contributed by atoms with Crippen LogP contribution in [0.15, 0.2) is 30.6 Å². The van der Waals surface area contributed by atoms with E-state index in [0.29, 0.717) is 12.8 Å². The van der Waals surface area contributed by atoms with E-state index in [2.05, 4.69) is 27.8 Å². The molecule has 4 heteroatoms. The van der Waals surface area contributed by atoms with Crippen LogP contribution in [0.4, 0.5) is 0 Å². The van der Waals surface area contributed by atoms with Gasteiger partial charge in [-0.05, 0) is 30.9 Å². The predicted molar refractivity (Wildman–Crippen MR) is 80.7 cm³/mol. The molecule has 1 unspecified atom stereocenters. The highest BCUT2D eigenvalue weighted by Crippen LogP contribution is 2.27. The number of imidazole rings is 1. The lowest BCUT2D eigenvalue weighted by molar-refractivity contribution is -0.142. The van der Waals surface area contributed by atoms with Crippen molar-refractivity contribution in [3.8, 4) is 5.69 Å². The summed E-state index contributed by atoms with van der Waals surface area (Å²) in [7, 11) is 0. The van der Waals surface area contributed by atoms with Crippen molar-refractivity contribution in [2.24, 2.45) is 5.92 Å². The summed E-state index contributed by atoms with van der Waals surface area (Å²) in [4.78, 5) is 15.8. The smallest absolute Gasteiger partial charge is 0.306 e. The van der Waals surface area contributed by atoms with E-state index in [-0.39, 0.29) is 5.92 Å². The molecule has 2 heterocycles. The number of nitrogens with zero attached hydrogens (tertiary/aromatic N) is 2. The number of aryl methyl sites for hydroxylation is 1. The zero-order valence-corrected chi connectivity index (χ0v) is 12.2. The van der Waals surface area contributed by atoms with Gasteiger partial charge in [-0.15, -0.1) is 0 Å². The fraction of sp³-hybridized carbons (Fsp3) is 0.412. The van der Waals surface area contributed by atoms with Gasteiger partial charge in [0.05, 0.1) is 17.9 Å². The third kappa shape index (κ3) is 2.58. The lowest BCUT2D eigenvalue weighted by atomic mass is 9.94. The van der Waals surface area contributed by atoms with E-state index < -0.39 is 5.97 Å². The molecule has 1 aliphatic rings. The van der Waals surface area contributed by atoms with Crippen LogP contribution in [0, 0.1) is 5.92 Å². The molecule has 0 saturated heterocycles. The molecule has 0 radical (unpaired) electrons. The number of aromatic nitrogens is 2. The van der Waals surface area contributed by atoms with Gasteiger partial charge in [-0.25, -0.2) is 4.98 Å². The molecular weight excluding hydrogens is 264 g/mol. The Hall–Kier alpha value is -2.10.